The fraction of sp³-hybridized carbons (Fsp3) is 0.769. The van der Waals surface area contributed by atoms with Gasteiger partial charge in [0, 0.05) is 32.9 Å². The minimum Gasteiger partial charge on any atom is -0.383 e. The van der Waals surface area contributed by atoms with E-state index in [1.165, 1.54) is 10.5 Å². The Bertz CT molecular complexity index is 513. The lowest BCUT2D eigenvalue weighted by molar-refractivity contribution is 0.175. The van der Waals surface area contributed by atoms with E-state index < -0.39 is 10.0 Å². The van der Waals surface area contributed by atoms with E-state index >= 15 is 0 Å². The number of likely N-dealkylation sites (N-methyl/N-ethyl adjacent to an activating group) is 1. The molecule has 0 unspecified atom stereocenters. The van der Waals surface area contributed by atoms with E-state index in [1.807, 2.05) is 20.9 Å². The zero-order valence-electron chi connectivity index (χ0n) is 13.2. The third-order valence-electron chi connectivity index (χ3n) is 2.95. The van der Waals surface area contributed by atoms with Crippen molar-refractivity contribution in [2.75, 3.05) is 40.4 Å². The van der Waals surface area contributed by atoms with Crippen molar-refractivity contribution in [1.29, 1.82) is 0 Å². The Hall–Kier alpha value is -0.960. The van der Waals surface area contributed by atoms with E-state index in [4.69, 9.17) is 4.74 Å². The van der Waals surface area contributed by atoms with Crippen molar-refractivity contribution in [3.8, 4) is 0 Å². The molecule has 0 aliphatic carbocycles. The zero-order chi connectivity index (χ0) is 15.9. The van der Waals surface area contributed by atoms with E-state index in [1.54, 1.807) is 18.0 Å². The highest BCUT2D eigenvalue weighted by Crippen LogP contribution is 2.16. The summed E-state index contributed by atoms with van der Waals surface area (Å²) in [6, 6.07) is 0. The van der Waals surface area contributed by atoms with Gasteiger partial charge in [-0.3, -0.25) is 4.68 Å². The van der Waals surface area contributed by atoms with Crippen molar-refractivity contribution in [3.63, 3.8) is 0 Å². The van der Waals surface area contributed by atoms with Crippen molar-refractivity contribution in [1.82, 2.24) is 19.4 Å². The normalized spacial score (nSPS) is 12.5. The average molecular weight is 318 g/mol. The van der Waals surface area contributed by atoms with Gasteiger partial charge in [-0.25, -0.2) is 8.42 Å². The first kappa shape index (κ1) is 18.1. The fourth-order valence-electron chi connectivity index (χ4n) is 1.89. The van der Waals surface area contributed by atoms with Crippen molar-refractivity contribution >= 4 is 10.0 Å². The predicted molar refractivity (Wildman–Crippen MR) is 81.6 cm³/mol. The van der Waals surface area contributed by atoms with E-state index in [9.17, 15) is 8.42 Å². The van der Waals surface area contributed by atoms with Crippen molar-refractivity contribution in [2.45, 2.75) is 25.3 Å². The molecule has 0 aromatic carbocycles. The Balaban J connectivity index is 2.90. The molecule has 0 aliphatic rings. The summed E-state index contributed by atoms with van der Waals surface area (Å²) in [6.45, 7) is 6.54. The molecule has 0 aliphatic heterocycles. The van der Waals surface area contributed by atoms with Crippen LogP contribution in [-0.2, 0) is 21.3 Å². The molecule has 21 heavy (non-hydrogen) atoms. The molecule has 0 amide bonds. The summed E-state index contributed by atoms with van der Waals surface area (Å²) in [5.74, 6) is 0.246. The molecule has 8 heteroatoms. The first-order valence-electron chi connectivity index (χ1n) is 7.08. The molecule has 0 radical (unpaired) electrons. The summed E-state index contributed by atoms with van der Waals surface area (Å²) in [5, 5.41) is 7.11. The highest BCUT2D eigenvalue weighted by molar-refractivity contribution is 7.89. The number of ether oxygens (including phenoxy) is 1. The number of sulfonamides is 1. The smallest absolute Gasteiger partial charge is 0.246 e. The topological polar surface area (TPSA) is 76.5 Å². The Labute approximate surface area is 127 Å². The number of hydrogen-bond donors (Lipinski definition) is 1. The van der Waals surface area contributed by atoms with Crippen LogP contribution in [0, 0.1) is 5.92 Å². The maximum Gasteiger partial charge on any atom is 0.246 e. The van der Waals surface area contributed by atoms with Crippen molar-refractivity contribution in [2.24, 2.45) is 5.92 Å². The zero-order valence-corrected chi connectivity index (χ0v) is 14.1. The SMILES string of the molecule is CNCCn1cc(S(=O)(=O)N(CCOC)CC(C)C)cn1. The van der Waals surface area contributed by atoms with Crippen LogP contribution in [-0.4, -0.2) is 62.9 Å². The lowest BCUT2D eigenvalue weighted by Gasteiger charge is -2.22. The van der Waals surface area contributed by atoms with E-state index in [0.29, 0.717) is 26.2 Å². The molecule has 1 N–H and O–H groups in total. The average Bonchev–Trinajstić information content (AvgIpc) is 2.90. The van der Waals surface area contributed by atoms with Crippen LogP contribution < -0.4 is 5.32 Å². The molecule has 0 saturated carbocycles. The lowest BCUT2D eigenvalue weighted by Crippen LogP contribution is -2.36. The van der Waals surface area contributed by atoms with Crippen LogP contribution >= 0.6 is 0 Å². The molecule has 1 rings (SSSR count). The Morgan fingerprint density at radius 1 is 1.48 bits per heavy atom. The first-order valence-corrected chi connectivity index (χ1v) is 8.52. The van der Waals surface area contributed by atoms with Gasteiger partial charge in [-0.15, -0.1) is 0 Å². The third-order valence-corrected chi connectivity index (χ3v) is 4.77. The molecule has 0 fully saturated rings. The van der Waals surface area contributed by atoms with Gasteiger partial charge < -0.3 is 10.1 Å². The summed E-state index contributed by atoms with van der Waals surface area (Å²) in [5.41, 5.74) is 0. The van der Waals surface area contributed by atoms with Crippen LogP contribution in [0.3, 0.4) is 0 Å². The Kier molecular flexibility index (Phi) is 7.30. The van der Waals surface area contributed by atoms with Crippen molar-refractivity contribution < 1.29 is 13.2 Å². The Morgan fingerprint density at radius 2 is 2.19 bits per heavy atom. The molecule has 0 spiro atoms. The summed E-state index contributed by atoms with van der Waals surface area (Å²) in [4.78, 5) is 0.232. The summed E-state index contributed by atoms with van der Waals surface area (Å²) in [6.07, 6.45) is 2.98. The largest absolute Gasteiger partial charge is 0.383 e. The van der Waals surface area contributed by atoms with Crippen LogP contribution in [0.15, 0.2) is 17.3 Å². The third kappa shape index (κ3) is 5.39. The quantitative estimate of drug-likeness (QED) is 0.675. The monoisotopic (exact) mass is 318 g/mol. The number of aromatic nitrogens is 2. The van der Waals surface area contributed by atoms with Gasteiger partial charge in [-0.1, -0.05) is 13.8 Å². The fourth-order valence-corrected chi connectivity index (χ4v) is 3.43. The second-order valence-electron chi connectivity index (χ2n) is 5.29. The van der Waals surface area contributed by atoms with Crippen LogP contribution in [0.5, 0.6) is 0 Å². The van der Waals surface area contributed by atoms with Crippen molar-refractivity contribution in [3.05, 3.63) is 12.4 Å². The number of nitrogens with one attached hydrogen (secondary N) is 1. The molecular weight excluding hydrogens is 292 g/mol. The highest BCUT2D eigenvalue weighted by atomic mass is 32.2. The number of methoxy groups -OCH3 is 1. The molecule has 1 aromatic rings. The van der Waals surface area contributed by atoms with Gasteiger partial charge in [0.05, 0.1) is 19.3 Å². The van der Waals surface area contributed by atoms with Crippen LogP contribution in [0.25, 0.3) is 0 Å². The van der Waals surface area contributed by atoms with E-state index in [0.717, 1.165) is 6.54 Å². The molecule has 0 atom stereocenters. The number of nitrogens with zero attached hydrogens (tertiary/aromatic N) is 3. The first-order chi connectivity index (χ1) is 9.91. The predicted octanol–water partition coefficient (Wildman–Crippen LogP) is 0.396. The number of rotatable bonds is 10. The van der Waals surface area contributed by atoms with E-state index in [-0.39, 0.29) is 10.8 Å². The van der Waals surface area contributed by atoms with Crippen LogP contribution in [0.2, 0.25) is 0 Å². The summed E-state index contributed by atoms with van der Waals surface area (Å²) in [7, 11) is -0.114. The minimum atomic E-state index is -3.52. The minimum absolute atomic E-state index is 0.232. The Morgan fingerprint density at radius 3 is 2.76 bits per heavy atom. The van der Waals surface area contributed by atoms with Crippen LogP contribution in [0.1, 0.15) is 13.8 Å². The molecule has 0 bridgehead atoms. The summed E-state index contributed by atoms with van der Waals surface area (Å²) >= 11 is 0. The molecule has 122 valence electrons. The molecular formula is C13H26N4O3S. The highest BCUT2D eigenvalue weighted by Gasteiger charge is 2.26. The lowest BCUT2D eigenvalue weighted by atomic mass is 10.2. The van der Waals surface area contributed by atoms with Gasteiger partial charge in [0.2, 0.25) is 10.0 Å². The van der Waals surface area contributed by atoms with Gasteiger partial charge in [0.1, 0.15) is 4.90 Å². The maximum atomic E-state index is 12.7. The number of hydrogen-bond acceptors (Lipinski definition) is 5. The van der Waals surface area contributed by atoms with Gasteiger partial charge in [0.25, 0.3) is 0 Å². The second kappa shape index (κ2) is 8.47. The molecule has 7 nitrogen and oxygen atoms in total. The van der Waals surface area contributed by atoms with Gasteiger partial charge >= 0.3 is 0 Å². The molecule has 0 saturated heterocycles. The van der Waals surface area contributed by atoms with Crippen LogP contribution in [0.4, 0.5) is 0 Å². The second-order valence-corrected chi connectivity index (χ2v) is 7.23. The molecule has 1 aromatic heterocycles. The van der Waals surface area contributed by atoms with Gasteiger partial charge in [0.15, 0.2) is 0 Å². The summed E-state index contributed by atoms with van der Waals surface area (Å²) < 4.78 is 33.4. The van der Waals surface area contributed by atoms with Gasteiger partial charge in [-0.2, -0.15) is 9.40 Å². The van der Waals surface area contributed by atoms with Gasteiger partial charge in [-0.05, 0) is 13.0 Å². The standard InChI is InChI=1S/C13H26N4O3S/c1-12(2)10-17(7-8-20-4)21(18,19)13-9-15-16(11-13)6-5-14-3/h9,11-12,14H,5-8,10H2,1-4H3. The maximum absolute atomic E-state index is 12.7. The van der Waals surface area contributed by atoms with E-state index in [2.05, 4.69) is 10.4 Å². The molecule has 1 heterocycles.